The van der Waals surface area contributed by atoms with E-state index in [1.165, 1.54) is 12.1 Å². The molecule has 1 heterocycles. The number of sulfonamides is 1. The number of rotatable bonds is 5. The first-order chi connectivity index (χ1) is 13.4. The van der Waals surface area contributed by atoms with Gasteiger partial charge in [-0.1, -0.05) is 36.4 Å². The standard InChI is InChI=1S/C20H24N2O4S2/c1-16-10-12-27(24)13-11-22(16)20(23)18-8-5-9-19(14-18)28(25,26)21-15-17-6-3-2-4-7-17/h2-9,14,16,21H,10-13,15H2,1H3. The summed E-state index contributed by atoms with van der Waals surface area (Å²) in [5.41, 5.74) is 1.17. The predicted molar refractivity (Wildman–Crippen MR) is 110 cm³/mol. The maximum absolute atomic E-state index is 12.9. The minimum Gasteiger partial charge on any atom is -0.335 e. The summed E-state index contributed by atoms with van der Waals surface area (Å²) in [4.78, 5) is 14.7. The highest BCUT2D eigenvalue weighted by atomic mass is 32.2. The van der Waals surface area contributed by atoms with Gasteiger partial charge in [0.15, 0.2) is 0 Å². The molecule has 0 bridgehead atoms. The normalized spacial score (nSPS) is 20.5. The predicted octanol–water partition coefficient (Wildman–Crippen LogP) is 2.15. The van der Waals surface area contributed by atoms with Gasteiger partial charge in [0.1, 0.15) is 0 Å². The van der Waals surface area contributed by atoms with Crippen LogP contribution in [0.15, 0.2) is 59.5 Å². The van der Waals surface area contributed by atoms with Gasteiger partial charge in [0.2, 0.25) is 10.0 Å². The van der Waals surface area contributed by atoms with Gasteiger partial charge in [-0.2, -0.15) is 0 Å². The van der Waals surface area contributed by atoms with E-state index >= 15 is 0 Å². The number of amides is 1. The Balaban J connectivity index is 1.77. The molecule has 2 unspecified atom stereocenters. The molecule has 8 heteroatoms. The fraction of sp³-hybridized carbons (Fsp3) is 0.350. The lowest BCUT2D eigenvalue weighted by Crippen LogP contribution is -2.39. The van der Waals surface area contributed by atoms with Gasteiger partial charge in [0.05, 0.1) is 4.90 Å². The van der Waals surface area contributed by atoms with Gasteiger partial charge < -0.3 is 4.90 Å². The number of hydrogen-bond acceptors (Lipinski definition) is 4. The van der Waals surface area contributed by atoms with E-state index in [0.29, 0.717) is 30.0 Å². The molecule has 6 nitrogen and oxygen atoms in total. The van der Waals surface area contributed by atoms with Crippen molar-refractivity contribution < 1.29 is 17.4 Å². The molecule has 150 valence electrons. The number of carbonyl (C=O) groups is 1. The van der Waals surface area contributed by atoms with Gasteiger partial charge >= 0.3 is 0 Å². The smallest absolute Gasteiger partial charge is 0.254 e. The number of benzene rings is 2. The van der Waals surface area contributed by atoms with E-state index in [1.807, 2.05) is 37.3 Å². The highest BCUT2D eigenvalue weighted by Gasteiger charge is 2.26. The average molecular weight is 421 g/mol. The maximum atomic E-state index is 12.9. The highest BCUT2D eigenvalue weighted by Crippen LogP contribution is 2.18. The van der Waals surface area contributed by atoms with Crippen LogP contribution < -0.4 is 4.72 Å². The summed E-state index contributed by atoms with van der Waals surface area (Å²) in [6.45, 7) is 2.52. The van der Waals surface area contributed by atoms with Crippen molar-refractivity contribution in [3.63, 3.8) is 0 Å². The van der Waals surface area contributed by atoms with Gasteiger partial charge in [-0.05, 0) is 37.1 Å². The molecule has 1 N–H and O–H groups in total. The molecular formula is C20H24N2O4S2. The molecular weight excluding hydrogens is 396 g/mol. The second-order valence-electron chi connectivity index (χ2n) is 6.82. The highest BCUT2D eigenvalue weighted by molar-refractivity contribution is 7.89. The molecule has 28 heavy (non-hydrogen) atoms. The molecule has 2 atom stereocenters. The third kappa shape index (κ3) is 5.06. The van der Waals surface area contributed by atoms with Crippen LogP contribution in [0.5, 0.6) is 0 Å². The van der Waals surface area contributed by atoms with Crippen molar-refractivity contribution in [2.45, 2.75) is 30.8 Å². The van der Waals surface area contributed by atoms with Crippen molar-refractivity contribution in [2.75, 3.05) is 18.1 Å². The minimum absolute atomic E-state index is 0.0320. The Morgan fingerprint density at radius 1 is 1.14 bits per heavy atom. The zero-order valence-electron chi connectivity index (χ0n) is 15.7. The van der Waals surface area contributed by atoms with Gasteiger partial charge in [-0.25, -0.2) is 13.1 Å². The summed E-state index contributed by atoms with van der Waals surface area (Å²) >= 11 is 0. The van der Waals surface area contributed by atoms with Gasteiger partial charge in [0.25, 0.3) is 5.91 Å². The summed E-state index contributed by atoms with van der Waals surface area (Å²) in [7, 11) is -4.66. The van der Waals surface area contributed by atoms with E-state index in [1.54, 1.807) is 17.0 Å². The molecule has 0 saturated carbocycles. The van der Waals surface area contributed by atoms with Crippen LogP contribution in [0.1, 0.15) is 29.3 Å². The van der Waals surface area contributed by atoms with E-state index in [2.05, 4.69) is 4.72 Å². The van der Waals surface area contributed by atoms with Crippen molar-refractivity contribution in [3.8, 4) is 0 Å². The molecule has 2 aromatic carbocycles. The largest absolute Gasteiger partial charge is 0.335 e. The molecule has 1 aliphatic heterocycles. The first kappa shape index (κ1) is 20.7. The Bertz CT molecular complexity index is 961. The summed E-state index contributed by atoms with van der Waals surface area (Å²) in [5.74, 6) is 0.807. The molecule has 1 aliphatic rings. The van der Waals surface area contributed by atoms with Crippen molar-refractivity contribution in [2.24, 2.45) is 0 Å². The van der Waals surface area contributed by atoms with Crippen LogP contribution in [-0.2, 0) is 27.4 Å². The van der Waals surface area contributed by atoms with E-state index in [9.17, 15) is 17.4 Å². The SMILES string of the molecule is CC1CCS(=O)CCN1C(=O)c1cccc(S(=O)(=O)NCc2ccccc2)c1. The second kappa shape index (κ2) is 8.98. The minimum atomic E-state index is -3.74. The van der Waals surface area contributed by atoms with Crippen LogP contribution in [0, 0.1) is 0 Å². The fourth-order valence-electron chi connectivity index (χ4n) is 3.10. The first-order valence-corrected chi connectivity index (χ1v) is 12.1. The molecule has 0 aromatic heterocycles. The van der Waals surface area contributed by atoms with E-state index in [0.717, 1.165) is 5.56 Å². The zero-order chi connectivity index (χ0) is 20.1. The third-order valence-electron chi connectivity index (χ3n) is 4.82. The van der Waals surface area contributed by atoms with E-state index < -0.39 is 20.8 Å². The molecule has 2 aromatic rings. The Morgan fingerprint density at radius 2 is 1.89 bits per heavy atom. The Labute approximate surface area is 168 Å². The lowest BCUT2D eigenvalue weighted by Gasteiger charge is -2.27. The van der Waals surface area contributed by atoms with E-state index in [4.69, 9.17) is 0 Å². The summed E-state index contributed by atoms with van der Waals surface area (Å²) in [5, 5.41) is 0. The Morgan fingerprint density at radius 3 is 2.64 bits per heavy atom. The third-order valence-corrected chi connectivity index (χ3v) is 7.54. The van der Waals surface area contributed by atoms with Crippen LogP contribution in [0.2, 0.25) is 0 Å². The Kier molecular flexibility index (Phi) is 6.64. The van der Waals surface area contributed by atoms with Gasteiger partial charge in [-0.3, -0.25) is 9.00 Å². The summed E-state index contributed by atoms with van der Waals surface area (Å²) in [6.07, 6.45) is 0.676. The van der Waals surface area contributed by atoms with Crippen LogP contribution in [0.25, 0.3) is 0 Å². The molecule has 0 aliphatic carbocycles. The van der Waals surface area contributed by atoms with Crippen LogP contribution >= 0.6 is 0 Å². The average Bonchev–Trinajstić information content (AvgIpc) is 2.88. The zero-order valence-corrected chi connectivity index (χ0v) is 17.3. The first-order valence-electron chi connectivity index (χ1n) is 9.16. The maximum Gasteiger partial charge on any atom is 0.254 e. The monoisotopic (exact) mass is 420 g/mol. The fourth-order valence-corrected chi connectivity index (χ4v) is 5.37. The topological polar surface area (TPSA) is 83.6 Å². The molecule has 1 amide bonds. The van der Waals surface area contributed by atoms with Crippen LogP contribution in [-0.4, -0.2) is 47.5 Å². The molecule has 3 rings (SSSR count). The molecule has 1 fully saturated rings. The summed E-state index contributed by atoms with van der Waals surface area (Å²) in [6, 6.07) is 15.3. The lowest BCUT2D eigenvalue weighted by molar-refractivity contribution is 0.0706. The van der Waals surface area contributed by atoms with Crippen molar-refractivity contribution in [1.82, 2.24) is 9.62 Å². The number of hydrogen-bond donors (Lipinski definition) is 1. The van der Waals surface area contributed by atoms with E-state index in [-0.39, 0.29) is 23.4 Å². The Hall–Kier alpha value is -2.03. The number of nitrogens with one attached hydrogen (secondary N) is 1. The molecule has 0 spiro atoms. The quantitative estimate of drug-likeness (QED) is 0.803. The molecule has 0 radical (unpaired) electrons. The van der Waals surface area contributed by atoms with Crippen LogP contribution in [0.3, 0.4) is 0 Å². The van der Waals surface area contributed by atoms with Crippen molar-refractivity contribution >= 4 is 26.7 Å². The van der Waals surface area contributed by atoms with Crippen molar-refractivity contribution in [1.29, 1.82) is 0 Å². The van der Waals surface area contributed by atoms with Gasteiger partial charge in [-0.15, -0.1) is 0 Å². The van der Waals surface area contributed by atoms with Gasteiger partial charge in [0, 0.05) is 47.0 Å². The summed E-state index contributed by atoms with van der Waals surface area (Å²) < 4.78 is 39.6. The lowest BCUT2D eigenvalue weighted by atomic mass is 10.1. The number of carbonyl (C=O) groups excluding carboxylic acids is 1. The molecule has 1 saturated heterocycles. The second-order valence-corrected chi connectivity index (χ2v) is 10.3. The number of nitrogens with zero attached hydrogens (tertiary/aromatic N) is 1. The van der Waals surface area contributed by atoms with Crippen molar-refractivity contribution in [3.05, 3.63) is 65.7 Å². The van der Waals surface area contributed by atoms with Crippen LogP contribution in [0.4, 0.5) is 0 Å².